The molecule has 0 aliphatic carbocycles. The minimum atomic E-state index is -0.721. The molecule has 6 saturated heterocycles. The van der Waals surface area contributed by atoms with Crippen molar-refractivity contribution in [3.05, 3.63) is 267 Å². The fraction of sp³-hybridized carbons (Fsp3) is 0.326. The van der Waals surface area contributed by atoms with Crippen molar-refractivity contribution >= 4 is 88.4 Å². The molecular weight excluding hydrogens is 1420 g/mol. The highest BCUT2D eigenvalue weighted by molar-refractivity contribution is 6.69. The second kappa shape index (κ2) is 34.1. The first-order valence-corrected chi connectivity index (χ1v) is 39.9. The summed E-state index contributed by atoms with van der Waals surface area (Å²) >= 11 is 0. The topological polar surface area (TPSA) is 303 Å². The van der Waals surface area contributed by atoms with E-state index in [2.05, 4.69) is 94.1 Å². The van der Waals surface area contributed by atoms with E-state index in [-0.39, 0.29) is 54.3 Å². The van der Waals surface area contributed by atoms with E-state index in [0.29, 0.717) is 155 Å². The molecule has 2 unspecified atom stereocenters. The van der Waals surface area contributed by atoms with Gasteiger partial charge in [-0.1, -0.05) is 140 Å². The predicted octanol–water partition coefficient (Wildman–Crippen LogP) is 9.57. The number of carbonyl (C=O) groups excluding carboxylic acids is 6. The van der Waals surface area contributed by atoms with E-state index in [1.165, 1.54) is 22.3 Å². The number of hydrogen-bond acceptors (Lipinski definition) is 14. The van der Waals surface area contributed by atoms with Crippen molar-refractivity contribution in [3.8, 4) is 11.5 Å². The van der Waals surface area contributed by atoms with Crippen molar-refractivity contribution in [1.29, 1.82) is 0 Å². The maximum absolute atomic E-state index is 13.5. The molecule has 6 amide bonds. The SMILES string of the molecule is NCc1cccc(C2CCN(C(=O)/C=C/c3cccc4c3C(=O)NB(c3ccc5cc(C(=O)N6CCC(c7cccc(CN)c7)CC6)[nH]c5c3)O4)CC2)c1.NCc1cccc(C2CCN(C(=O)c3cccc(OCC(=O)N4CC5OB(c6ccc7cc(C(=O)N8CCC(c9cccc(CN)c9)CC8)[nH]c7c6)OC5C4)c3)CC2)c1. The quantitative estimate of drug-likeness (QED) is 0.0311. The third kappa shape index (κ3) is 17.0. The molecule has 8 aromatic carbocycles. The molecule has 0 saturated carbocycles. The van der Waals surface area contributed by atoms with E-state index in [0.717, 1.165) is 106 Å². The summed E-state index contributed by atoms with van der Waals surface area (Å²) in [5.74, 6) is 1.99. The zero-order chi connectivity index (χ0) is 77.6. The number of likely N-dealkylation sites (tertiary alicyclic amines) is 5. The van der Waals surface area contributed by atoms with Gasteiger partial charge in [0, 0.05) is 125 Å². The van der Waals surface area contributed by atoms with Crippen LogP contribution in [0.15, 0.2) is 194 Å². The number of benzene rings is 8. The van der Waals surface area contributed by atoms with Gasteiger partial charge in [-0.05, 0) is 191 Å². The Labute approximate surface area is 658 Å². The summed E-state index contributed by atoms with van der Waals surface area (Å²) in [7, 11) is -1.29. The molecule has 2 atom stereocenters. The molecule has 7 aliphatic rings. The fourth-order valence-electron chi connectivity index (χ4n) is 17.4. The number of nitrogens with zero attached hydrogens (tertiary/aromatic N) is 5. The second-order valence-corrected chi connectivity index (χ2v) is 31.0. The smallest absolute Gasteiger partial charge is 0.519 e. The molecule has 0 spiro atoms. The van der Waals surface area contributed by atoms with Crippen molar-refractivity contribution in [1.82, 2.24) is 39.7 Å². The van der Waals surface area contributed by atoms with Crippen molar-refractivity contribution in [2.75, 3.05) is 72.1 Å². The van der Waals surface area contributed by atoms with Gasteiger partial charge >= 0.3 is 14.2 Å². The molecule has 24 heteroatoms. The number of carbonyl (C=O) groups is 6. The molecule has 0 radical (unpaired) electrons. The maximum Gasteiger partial charge on any atom is 0.519 e. The number of hydrogen-bond donors (Lipinski definition) is 7. The van der Waals surface area contributed by atoms with E-state index in [9.17, 15) is 28.8 Å². The Bertz CT molecular complexity index is 5200. The number of nitrogens with one attached hydrogen (secondary N) is 3. The zero-order valence-corrected chi connectivity index (χ0v) is 63.6. The molecular formula is C89H96B2N12O10. The summed E-state index contributed by atoms with van der Waals surface area (Å²) < 4.78 is 24.9. The van der Waals surface area contributed by atoms with Crippen LogP contribution in [0.4, 0.5) is 0 Å². The number of H-pyrrole nitrogens is 2. The molecule has 6 fully saturated rings. The molecule has 9 heterocycles. The van der Waals surface area contributed by atoms with Gasteiger partial charge in [0.25, 0.3) is 23.6 Å². The lowest BCUT2D eigenvalue weighted by molar-refractivity contribution is -0.133. The molecule has 0 bridgehead atoms. The number of amides is 6. The summed E-state index contributed by atoms with van der Waals surface area (Å²) in [5, 5.41) is 4.83. The van der Waals surface area contributed by atoms with Gasteiger partial charge < -0.3 is 81.3 Å². The van der Waals surface area contributed by atoms with Crippen LogP contribution in [0, 0.1) is 0 Å². The lowest BCUT2D eigenvalue weighted by Crippen LogP contribution is -2.55. The van der Waals surface area contributed by atoms with Crippen LogP contribution >= 0.6 is 0 Å². The molecule has 7 aliphatic heterocycles. The fourth-order valence-corrected chi connectivity index (χ4v) is 17.4. The highest BCUT2D eigenvalue weighted by Gasteiger charge is 2.48. The van der Waals surface area contributed by atoms with Crippen LogP contribution in [0.2, 0.25) is 0 Å². The summed E-state index contributed by atoms with van der Waals surface area (Å²) in [6.07, 6.45) is 9.94. The number of aromatic amines is 2. The first-order chi connectivity index (χ1) is 55.2. The normalized spacial score (nSPS) is 18.5. The van der Waals surface area contributed by atoms with Crippen LogP contribution in [-0.4, -0.2) is 168 Å². The van der Waals surface area contributed by atoms with Crippen molar-refractivity contribution < 1.29 is 47.5 Å². The number of piperidine rings is 4. The number of rotatable bonds is 18. The molecule has 22 nitrogen and oxygen atoms in total. The molecule has 10 aromatic rings. The van der Waals surface area contributed by atoms with Crippen LogP contribution in [0.5, 0.6) is 11.5 Å². The first-order valence-electron chi connectivity index (χ1n) is 39.9. The van der Waals surface area contributed by atoms with Gasteiger partial charge in [0.1, 0.15) is 22.9 Å². The average Bonchev–Trinajstić information content (AvgIpc) is 1.77. The van der Waals surface area contributed by atoms with Gasteiger partial charge in [0.2, 0.25) is 11.8 Å². The molecule has 11 N–H and O–H groups in total. The maximum atomic E-state index is 13.5. The minimum Gasteiger partial charge on any atom is -0.537 e. The van der Waals surface area contributed by atoms with Crippen molar-refractivity contribution in [2.24, 2.45) is 22.9 Å². The summed E-state index contributed by atoms with van der Waals surface area (Å²) in [4.78, 5) is 96.5. The Hall–Kier alpha value is -11.1. The molecule has 578 valence electrons. The number of fused-ring (bicyclic) bond motifs is 4. The number of aromatic nitrogens is 2. The van der Waals surface area contributed by atoms with E-state index >= 15 is 0 Å². The van der Waals surface area contributed by atoms with E-state index in [1.807, 2.05) is 98.5 Å². The van der Waals surface area contributed by atoms with Gasteiger partial charge in [-0.2, -0.15) is 0 Å². The van der Waals surface area contributed by atoms with Crippen LogP contribution < -0.4 is 48.5 Å². The third-order valence-corrected chi connectivity index (χ3v) is 23.9. The van der Waals surface area contributed by atoms with E-state index in [4.69, 9.17) is 41.6 Å². The Morgan fingerprint density at radius 3 is 1.37 bits per heavy atom. The van der Waals surface area contributed by atoms with Gasteiger partial charge in [0.15, 0.2) is 6.61 Å². The lowest BCUT2D eigenvalue weighted by atomic mass is 9.71. The third-order valence-electron chi connectivity index (χ3n) is 23.9. The number of nitrogens with two attached hydrogens (primary N) is 4. The Morgan fingerprint density at radius 2 is 0.894 bits per heavy atom. The highest BCUT2D eigenvalue weighted by Crippen LogP contribution is 2.36. The average molecular weight is 1520 g/mol. The highest BCUT2D eigenvalue weighted by atomic mass is 16.7. The lowest BCUT2D eigenvalue weighted by Gasteiger charge is -2.32. The predicted molar refractivity (Wildman–Crippen MR) is 439 cm³/mol. The first kappa shape index (κ1) is 75.9. The number of ether oxygens (including phenoxy) is 1. The summed E-state index contributed by atoms with van der Waals surface area (Å²) in [5.41, 5.74) is 38.9. The van der Waals surface area contributed by atoms with Crippen LogP contribution in [0.1, 0.15) is 167 Å². The largest absolute Gasteiger partial charge is 0.537 e. The monoisotopic (exact) mass is 1510 g/mol. The second-order valence-electron chi connectivity index (χ2n) is 31.0. The van der Waals surface area contributed by atoms with E-state index < -0.39 is 14.2 Å². The zero-order valence-electron chi connectivity index (χ0n) is 63.6. The summed E-state index contributed by atoms with van der Waals surface area (Å²) in [6.45, 7) is 8.21. The van der Waals surface area contributed by atoms with Crippen LogP contribution in [0.3, 0.4) is 0 Å². The van der Waals surface area contributed by atoms with Gasteiger partial charge in [-0.3, -0.25) is 28.8 Å². The van der Waals surface area contributed by atoms with Gasteiger partial charge in [-0.15, -0.1) is 0 Å². The molecule has 17 rings (SSSR count). The van der Waals surface area contributed by atoms with E-state index in [1.54, 1.807) is 47.4 Å². The van der Waals surface area contributed by atoms with Crippen molar-refractivity contribution in [3.63, 3.8) is 0 Å². The Morgan fingerprint density at radius 1 is 0.460 bits per heavy atom. The van der Waals surface area contributed by atoms with Gasteiger partial charge in [0.05, 0.1) is 17.8 Å². The Balaban J connectivity index is 0.000000171. The standard InChI is InChI=1S/C46H51BN6O6.C43H45BN6O4/c48-25-30-4-1-6-34(20-30)32-12-16-51(17-13-32)45(55)37-8-3-9-39(22-37)57-29-44(54)53-27-42-43(28-53)59-47(58-42)38-11-10-36-23-41(50-40(36)24-38)46(56)52-18-14-33(15-19-52)35-7-2-5-31(21-35)26-49;45-26-28-4-1-7-33(22-28)30-14-18-49(19-15-30)40(51)13-11-32-6-3-9-39-41(32)42(52)48-44(54-39)36-12-10-35-24-38(47-37(35)25-36)43(53)50-20-16-31(17-21-50)34-8-2-5-29(23-34)27-46/h1-11,20-24,32-33,42-43,50H,12-19,25-29,48-49H2;1-13,22-25,30-31,47H,14-21,26-27,45-46H2,(H,48,52)/b;13-11+. The van der Waals surface area contributed by atoms with Crippen LogP contribution in [0.25, 0.3) is 27.9 Å². The van der Waals surface area contributed by atoms with Crippen LogP contribution in [-0.2, 0) is 45.1 Å². The summed E-state index contributed by atoms with van der Waals surface area (Å²) in [6, 6.07) is 61.7. The molecule has 2 aromatic heterocycles. The molecule has 113 heavy (non-hydrogen) atoms. The van der Waals surface area contributed by atoms with Crippen molar-refractivity contribution in [2.45, 2.75) is 113 Å². The Kier molecular flexibility index (Phi) is 22.9. The van der Waals surface area contributed by atoms with Gasteiger partial charge in [-0.25, -0.2) is 0 Å². The minimum absolute atomic E-state index is 0.00649.